The van der Waals surface area contributed by atoms with Crippen LogP contribution in [0.5, 0.6) is 0 Å². The van der Waals surface area contributed by atoms with Gasteiger partial charge in [0.05, 0.1) is 12.6 Å². The van der Waals surface area contributed by atoms with Crippen LogP contribution in [0.1, 0.15) is 48.6 Å². The van der Waals surface area contributed by atoms with Crippen LogP contribution < -0.4 is 0 Å². The highest BCUT2D eigenvalue weighted by Gasteiger charge is 2.27. The van der Waals surface area contributed by atoms with Gasteiger partial charge in [0.1, 0.15) is 11.6 Å². The molecule has 7 heteroatoms. The predicted octanol–water partition coefficient (Wildman–Crippen LogP) is 5.12. The van der Waals surface area contributed by atoms with Crippen LogP contribution in [0.25, 0.3) is 0 Å². The Morgan fingerprint density at radius 3 is 2.48 bits per heavy atom. The molecule has 0 aliphatic carbocycles. The summed E-state index contributed by atoms with van der Waals surface area (Å²) < 4.78 is 22.2. The molecule has 2 aliphatic heterocycles. The van der Waals surface area contributed by atoms with Gasteiger partial charge < -0.3 is 9.30 Å². The van der Waals surface area contributed by atoms with Gasteiger partial charge in [-0.05, 0) is 50.4 Å². The van der Waals surface area contributed by atoms with Gasteiger partial charge in [-0.3, -0.25) is 4.90 Å². The Balaban J connectivity index is 1.28. The minimum absolute atomic E-state index is 0.116. The average molecular weight is 467 g/mol. The van der Waals surface area contributed by atoms with E-state index >= 15 is 0 Å². The number of benzene rings is 2. The lowest BCUT2D eigenvalue weighted by Crippen LogP contribution is -2.33. The Bertz CT molecular complexity index is 1030. The second kappa shape index (κ2) is 10.8. The molecule has 0 spiro atoms. The zero-order valence-corrected chi connectivity index (χ0v) is 19.7. The molecular formula is C26H31FN4OS. The highest BCUT2D eigenvalue weighted by molar-refractivity contribution is 7.99. The Hall–Kier alpha value is -2.22. The van der Waals surface area contributed by atoms with Crippen LogP contribution in [0.4, 0.5) is 4.39 Å². The second-order valence-electron chi connectivity index (χ2n) is 9.00. The first-order chi connectivity index (χ1) is 16.3. The number of hydrogen-bond donors (Lipinski definition) is 0. The lowest BCUT2D eigenvalue weighted by Gasteiger charge is -2.31. The smallest absolute Gasteiger partial charge is 0.191 e. The maximum atomic E-state index is 14.1. The molecule has 0 radical (unpaired) electrons. The molecule has 33 heavy (non-hydrogen) atoms. The summed E-state index contributed by atoms with van der Waals surface area (Å²) in [5, 5.41) is 10.3. The van der Waals surface area contributed by atoms with E-state index < -0.39 is 0 Å². The van der Waals surface area contributed by atoms with Gasteiger partial charge >= 0.3 is 0 Å². The Labute approximate surface area is 199 Å². The number of hydrogen-bond acceptors (Lipinski definition) is 5. The standard InChI is InChI=1S/C26H31FN4OS/c27-24-11-5-4-9-22(24)18-30-14-12-21(13-15-30)25-28-29-26(33-19-23-10-6-16-32-23)31(25)17-20-7-2-1-3-8-20/h1-5,7-9,11,21,23H,6,10,12-19H2/t23-/m1/s1. The van der Waals surface area contributed by atoms with Crippen LogP contribution in [0.3, 0.4) is 0 Å². The number of rotatable bonds is 8. The summed E-state index contributed by atoms with van der Waals surface area (Å²) in [6.07, 6.45) is 4.63. The first kappa shape index (κ1) is 22.6. The van der Waals surface area contributed by atoms with E-state index in [0.29, 0.717) is 18.6 Å². The van der Waals surface area contributed by atoms with Crippen molar-refractivity contribution in [1.29, 1.82) is 0 Å². The molecule has 174 valence electrons. The van der Waals surface area contributed by atoms with Gasteiger partial charge in [0.15, 0.2) is 5.16 Å². The molecule has 0 N–H and O–H groups in total. The number of likely N-dealkylation sites (tertiary alicyclic amines) is 1. The van der Waals surface area contributed by atoms with Crippen molar-refractivity contribution in [3.05, 3.63) is 77.4 Å². The molecule has 2 aliphatic rings. The fourth-order valence-corrected chi connectivity index (χ4v) is 5.79. The number of ether oxygens (including phenoxy) is 1. The maximum absolute atomic E-state index is 14.1. The van der Waals surface area contributed by atoms with Gasteiger partial charge in [-0.25, -0.2) is 4.39 Å². The normalized spacial score (nSPS) is 19.8. The monoisotopic (exact) mass is 466 g/mol. The van der Waals surface area contributed by atoms with E-state index in [4.69, 9.17) is 4.74 Å². The average Bonchev–Trinajstić information content (AvgIpc) is 3.51. The number of piperidine rings is 1. The number of halogens is 1. The summed E-state index contributed by atoms with van der Waals surface area (Å²) in [6, 6.07) is 17.6. The van der Waals surface area contributed by atoms with E-state index in [9.17, 15) is 4.39 Å². The van der Waals surface area contributed by atoms with E-state index in [1.54, 1.807) is 23.9 Å². The van der Waals surface area contributed by atoms with Crippen LogP contribution in [-0.2, 0) is 17.8 Å². The quantitative estimate of drug-likeness (QED) is 0.431. The molecule has 5 nitrogen and oxygen atoms in total. The fraction of sp³-hybridized carbons (Fsp3) is 0.462. The van der Waals surface area contributed by atoms with Crippen molar-refractivity contribution in [3.63, 3.8) is 0 Å². The highest BCUT2D eigenvalue weighted by atomic mass is 32.2. The second-order valence-corrected chi connectivity index (χ2v) is 9.99. The van der Waals surface area contributed by atoms with Gasteiger partial charge in [-0.2, -0.15) is 0 Å². The third kappa shape index (κ3) is 5.65. The van der Waals surface area contributed by atoms with Crippen molar-refractivity contribution in [2.75, 3.05) is 25.4 Å². The molecule has 2 saturated heterocycles. The van der Waals surface area contributed by atoms with E-state index in [-0.39, 0.29) is 5.82 Å². The van der Waals surface area contributed by atoms with E-state index in [1.807, 2.05) is 12.1 Å². The minimum Gasteiger partial charge on any atom is -0.377 e. The fourth-order valence-electron chi connectivity index (χ4n) is 4.78. The molecule has 0 amide bonds. The highest BCUT2D eigenvalue weighted by Crippen LogP contribution is 2.31. The first-order valence-corrected chi connectivity index (χ1v) is 12.9. The van der Waals surface area contributed by atoms with Crippen molar-refractivity contribution in [3.8, 4) is 0 Å². The molecule has 0 saturated carbocycles. The number of aromatic nitrogens is 3. The Morgan fingerprint density at radius 2 is 1.73 bits per heavy atom. The van der Waals surface area contributed by atoms with Crippen molar-refractivity contribution in [2.45, 2.75) is 56.0 Å². The van der Waals surface area contributed by atoms with Gasteiger partial charge in [-0.15, -0.1) is 10.2 Å². The molecule has 0 unspecified atom stereocenters. The predicted molar refractivity (Wildman–Crippen MR) is 129 cm³/mol. The molecule has 5 rings (SSSR count). The molecule has 1 atom stereocenters. The largest absolute Gasteiger partial charge is 0.377 e. The van der Waals surface area contributed by atoms with E-state index in [0.717, 1.165) is 74.2 Å². The molecule has 0 bridgehead atoms. The molecule has 3 aromatic rings. The number of thioether (sulfide) groups is 1. The van der Waals surface area contributed by atoms with Crippen molar-refractivity contribution in [2.24, 2.45) is 0 Å². The zero-order chi connectivity index (χ0) is 22.5. The van der Waals surface area contributed by atoms with Crippen LogP contribution in [-0.4, -0.2) is 51.2 Å². The van der Waals surface area contributed by atoms with Gasteiger partial charge in [0.2, 0.25) is 0 Å². The summed E-state index contributed by atoms with van der Waals surface area (Å²) in [4.78, 5) is 2.35. The number of nitrogens with zero attached hydrogens (tertiary/aromatic N) is 4. The molecule has 2 aromatic carbocycles. The Morgan fingerprint density at radius 1 is 0.939 bits per heavy atom. The summed E-state index contributed by atoms with van der Waals surface area (Å²) >= 11 is 1.76. The summed E-state index contributed by atoms with van der Waals surface area (Å²) in [7, 11) is 0. The third-order valence-electron chi connectivity index (χ3n) is 6.66. The first-order valence-electron chi connectivity index (χ1n) is 11.9. The summed E-state index contributed by atoms with van der Waals surface area (Å²) in [5.74, 6) is 2.26. The molecule has 3 heterocycles. The SMILES string of the molecule is Fc1ccccc1CN1CCC(c2nnc(SC[C@H]3CCCO3)n2Cc2ccccc2)CC1. The van der Waals surface area contributed by atoms with Gasteiger partial charge in [0, 0.05) is 30.4 Å². The van der Waals surface area contributed by atoms with Crippen LogP contribution in [0, 0.1) is 5.82 Å². The lowest BCUT2D eigenvalue weighted by atomic mass is 9.95. The molecule has 2 fully saturated rings. The zero-order valence-electron chi connectivity index (χ0n) is 18.9. The lowest BCUT2D eigenvalue weighted by molar-refractivity contribution is 0.129. The maximum Gasteiger partial charge on any atom is 0.191 e. The van der Waals surface area contributed by atoms with Gasteiger partial charge in [0.25, 0.3) is 0 Å². The third-order valence-corrected chi connectivity index (χ3v) is 7.75. The summed E-state index contributed by atoms with van der Waals surface area (Å²) in [6.45, 7) is 4.20. The van der Waals surface area contributed by atoms with Gasteiger partial charge in [-0.1, -0.05) is 60.3 Å². The van der Waals surface area contributed by atoms with E-state index in [2.05, 4.69) is 50.0 Å². The van der Waals surface area contributed by atoms with Crippen molar-refractivity contribution < 1.29 is 9.13 Å². The minimum atomic E-state index is -0.116. The van der Waals surface area contributed by atoms with Crippen molar-refractivity contribution in [1.82, 2.24) is 19.7 Å². The summed E-state index contributed by atoms with van der Waals surface area (Å²) in [5.41, 5.74) is 2.03. The van der Waals surface area contributed by atoms with Crippen LogP contribution >= 0.6 is 11.8 Å². The molecule has 1 aromatic heterocycles. The van der Waals surface area contributed by atoms with Crippen molar-refractivity contribution >= 4 is 11.8 Å². The Kier molecular flexibility index (Phi) is 7.39. The molecular weight excluding hydrogens is 435 g/mol. The van der Waals surface area contributed by atoms with E-state index in [1.165, 1.54) is 5.56 Å². The van der Waals surface area contributed by atoms with Crippen LogP contribution in [0.2, 0.25) is 0 Å². The van der Waals surface area contributed by atoms with Crippen LogP contribution in [0.15, 0.2) is 59.8 Å². The topological polar surface area (TPSA) is 43.2 Å².